The van der Waals surface area contributed by atoms with Gasteiger partial charge in [0.25, 0.3) is 5.56 Å². The number of aryl methyl sites for hydroxylation is 1. The smallest absolute Gasteiger partial charge is 0.410 e. The molecule has 1 saturated heterocycles. The molecule has 2 aliphatic rings. The average molecular weight is 542 g/mol. The predicted octanol–water partition coefficient (Wildman–Crippen LogP) is 4.83. The lowest BCUT2D eigenvalue weighted by atomic mass is 10.2. The molecular weight excluding hydrogens is 506 g/mol. The first kappa shape index (κ1) is 27.6. The third-order valence-corrected chi connectivity index (χ3v) is 6.93. The lowest BCUT2D eigenvalue weighted by Crippen LogP contribution is -2.50. The molecule has 3 aromatic rings. The predicted molar refractivity (Wildman–Crippen MR) is 151 cm³/mol. The molecule has 0 aromatic carbocycles. The molecule has 1 amide bonds. The molecular formula is C27H36ClN7O3. The van der Waals surface area contributed by atoms with Gasteiger partial charge in [0.1, 0.15) is 17.1 Å². The Kier molecular flexibility index (Phi) is 8.10. The summed E-state index contributed by atoms with van der Waals surface area (Å²) in [6, 6.07) is 5.94. The molecule has 0 radical (unpaired) electrons. The molecule has 1 aliphatic heterocycles. The molecule has 0 atom stereocenters. The maximum absolute atomic E-state index is 13.0. The number of anilines is 3. The van der Waals surface area contributed by atoms with Crippen LogP contribution in [0.4, 0.5) is 22.2 Å². The summed E-state index contributed by atoms with van der Waals surface area (Å²) in [5, 5.41) is 4.05. The summed E-state index contributed by atoms with van der Waals surface area (Å²) in [6.45, 7) is 10.1. The molecule has 10 nitrogen and oxygen atoms in total. The third kappa shape index (κ3) is 6.01. The van der Waals surface area contributed by atoms with Gasteiger partial charge >= 0.3 is 6.09 Å². The van der Waals surface area contributed by atoms with E-state index in [1.54, 1.807) is 11.1 Å². The Balaban J connectivity index is 0.00000336. The van der Waals surface area contributed by atoms with Crippen LogP contribution >= 0.6 is 12.4 Å². The van der Waals surface area contributed by atoms with Crippen molar-refractivity contribution in [3.05, 3.63) is 46.5 Å². The summed E-state index contributed by atoms with van der Waals surface area (Å²) in [7, 11) is 0. The van der Waals surface area contributed by atoms with Gasteiger partial charge in [-0.1, -0.05) is 12.8 Å². The second-order valence-corrected chi connectivity index (χ2v) is 10.9. The van der Waals surface area contributed by atoms with Gasteiger partial charge in [0.15, 0.2) is 0 Å². The van der Waals surface area contributed by atoms with Gasteiger partial charge in [0, 0.05) is 49.4 Å². The number of ether oxygens (including phenoxy) is 1. The minimum atomic E-state index is -0.497. The van der Waals surface area contributed by atoms with Crippen molar-refractivity contribution in [2.75, 3.05) is 36.4 Å². The SMILES string of the molecule is Cc1cc2cnc(Nc3ccc(N4CCN(C(=O)OC(C)(C)C)CC4)cn3)nc2n(C2CCCC2)c1=O.Cl. The fourth-order valence-corrected chi connectivity index (χ4v) is 5.05. The van der Waals surface area contributed by atoms with Crippen LogP contribution in [0.2, 0.25) is 0 Å². The number of nitrogens with zero attached hydrogens (tertiary/aromatic N) is 6. The number of halogens is 1. The Morgan fingerprint density at radius 1 is 1.05 bits per heavy atom. The van der Waals surface area contributed by atoms with Crippen LogP contribution in [0.3, 0.4) is 0 Å². The molecule has 38 heavy (non-hydrogen) atoms. The fourth-order valence-electron chi connectivity index (χ4n) is 5.05. The highest BCUT2D eigenvalue weighted by Gasteiger charge is 2.26. The van der Waals surface area contributed by atoms with Crippen LogP contribution in [-0.2, 0) is 4.74 Å². The molecule has 1 N–H and O–H groups in total. The summed E-state index contributed by atoms with van der Waals surface area (Å²) < 4.78 is 7.34. The average Bonchev–Trinajstić information content (AvgIpc) is 3.39. The van der Waals surface area contributed by atoms with E-state index in [0.29, 0.717) is 49.2 Å². The minimum Gasteiger partial charge on any atom is -0.444 e. The first-order chi connectivity index (χ1) is 17.7. The summed E-state index contributed by atoms with van der Waals surface area (Å²) in [5.74, 6) is 1.03. The summed E-state index contributed by atoms with van der Waals surface area (Å²) >= 11 is 0. The minimum absolute atomic E-state index is 0. The molecule has 0 bridgehead atoms. The summed E-state index contributed by atoms with van der Waals surface area (Å²) in [4.78, 5) is 43.0. The highest BCUT2D eigenvalue weighted by Crippen LogP contribution is 2.31. The number of aromatic nitrogens is 4. The molecule has 1 aliphatic carbocycles. The number of piperazine rings is 1. The first-order valence-corrected chi connectivity index (χ1v) is 13.0. The van der Waals surface area contributed by atoms with E-state index < -0.39 is 5.60 Å². The summed E-state index contributed by atoms with van der Waals surface area (Å²) in [6.07, 6.45) is 7.57. The van der Waals surface area contributed by atoms with Crippen molar-refractivity contribution >= 4 is 47.0 Å². The highest BCUT2D eigenvalue weighted by molar-refractivity contribution is 5.85. The Labute approximate surface area is 228 Å². The molecule has 2 fully saturated rings. The van der Waals surface area contributed by atoms with Crippen molar-refractivity contribution in [1.82, 2.24) is 24.4 Å². The molecule has 3 aromatic heterocycles. The van der Waals surface area contributed by atoms with Crippen LogP contribution in [0.1, 0.15) is 58.1 Å². The lowest BCUT2D eigenvalue weighted by molar-refractivity contribution is 0.0240. The quantitative estimate of drug-likeness (QED) is 0.500. The zero-order chi connectivity index (χ0) is 26.2. The Morgan fingerprint density at radius 2 is 1.76 bits per heavy atom. The normalized spacial score (nSPS) is 16.4. The topological polar surface area (TPSA) is 105 Å². The number of carbonyl (C=O) groups is 1. The van der Waals surface area contributed by atoms with Gasteiger partial charge in [-0.25, -0.2) is 14.8 Å². The lowest BCUT2D eigenvalue weighted by Gasteiger charge is -2.36. The Morgan fingerprint density at radius 3 is 2.39 bits per heavy atom. The van der Waals surface area contributed by atoms with Gasteiger partial charge in [-0.3, -0.25) is 9.36 Å². The molecule has 1 saturated carbocycles. The maximum Gasteiger partial charge on any atom is 0.410 e. The second kappa shape index (κ2) is 11.1. The maximum atomic E-state index is 13.0. The highest BCUT2D eigenvalue weighted by atomic mass is 35.5. The zero-order valence-electron chi connectivity index (χ0n) is 22.4. The van der Waals surface area contributed by atoms with Crippen molar-refractivity contribution in [3.8, 4) is 0 Å². The number of hydrogen-bond donors (Lipinski definition) is 1. The monoisotopic (exact) mass is 541 g/mol. The van der Waals surface area contributed by atoms with Gasteiger partial charge in [-0.2, -0.15) is 4.98 Å². The van der Waals surface area contributed by atoms with Crippen molar-refractivity contribution in [2.45, 2.75) is 65.0 Å². The van der Waals surface area contributed by atoms with Crippen molar-refractivity contribution in [1.29, 1.82) is 0 Å². The van der Waals surface area contributed by atoms with Crippen LogP contribution in [0.25, 0.3) is 11.0 Å². The molecule has 0 spiro atoms. The van der Waals surface area contributed by atoms with E-state index in [9.17, 15) is 9.59 Å². The number of hydrogen-bond acceptors (Lipinski definition) is 8. The standard InChI is InChI=1S/C27H35N7O3.ClH/c1-18-15-19-16-29-25(31-23(19)34(24(18)35)20-7-5-6-8-20)30-22-10-9-21(17-28-22)32-11-13-33(14-12-32)26(36)37-27(2,3)4;/h9-10,15-17,20H,5-8,11-14H2,1-4H3,(H,28,29,30,31);1H. The van der Waals surface area contributed by atoms with E-state index in [1.165, 1.54) is 0 Å². The Bertz CT molecular complexity index is 1340. The van der Waals surface area contributed by atoms with Crippen molar-refractivity contribution in [2.24, 2.45) is 0 Å². The number of carbonyl (C=O) groups excluding carboxylic acids is 1. The number of amides is 1. The van der Waals surface area contributed by atoms with Gasteiger partial charge < -0.3 is 19.9 Å². The second-order valence-electron chi connectivity index (χ2n) is 10.9. The third-order valence-electron chi connectivity index (χ3n) is 6.93. The van der Waals surface area contributed by atoms with Gasteiger partial charge in [0.05, 0.1) is 11.9 Å². The van der Waals surface area contributed by atoms with Crippen LogP contribution in [0.5, 0.6) is 0 Å². The molecule has 204 valence electrons. The van der Waals surface area contributed by atoms with E-state index >= 15 is 0 Å². The number of rotatable bonds is 4. The van der Waals surface area contributed by atoms with Gasteiger partial charge in [-0.15, -0.1) is 12.4 Å². The Hall–Kier alpha value is -3.40. The van der Waals surface area contributed by atoms with E-state index in [4.69, 9.17) is 9.72 Å². The van der Waals surface area contributed by atoms with Crippen molar-refractivity contribution < 1.29 is 9.53 Å². The molecule has 5 rings (SSSR count). The van der Waals surface area contributed by atoms with Crippen LogP contribution < -0.4 is 15.8 Å². The van der Waals surface area contributed by atoms with Crippen molar-refractivity contribution in [3.63, 3.8) is 0 Å². The van der Waals surface area contributed by atoms with Crippen LogP contribution in [0.15, 0.2) is 35.4 Å². The first-order valence-electron chi connectivity index (χ1n) is 13.0. The van der Waals surface area contributed by atoms with E-state index in [2.05, 4.69) is 20.2 Å². The van der Waals surface area contributed by atoms with E-state index in [0.717, 1.165) is 36.8 Å². The zero-order valence-corrected chi connectivity index (χ0v) is 23.3. The van der Waals surface area contributed by atoms with E-state index in [-0.39, 0.29) is 30.1 Å². The largest absolute Gasteiger partial charge is 0.444 e. The van der Waals surface area contributed by atoms with Gasteiger partial charge in [-0.05, 0) is 58.7 Å². The molecule has 11 heteroatoms. The number of pyridine rings is 2. The van der Waals surface area contributed by atoms with Crippen LogP contribution in [0, 0.1) is 6.92 Å². The fraction of sp³-hybridized carbons (Fsp3) is 0.519. The molecule has 0 unspecified atom stereocenters. The van der Waals surface area contributed by atoms with E-state index in [1.807, 2.05) is 56.7 Å². The van der Waals surface area contributed by atoms with Gasteiger partial charge in [0.2, 0.25) is 5.95 Å². The summed E-state index contributed by atoms with van der Waals surface area (Å²) in [5.41, 5.74) is 1.90. The molecule has 4 heterocycles. The number of nitrogens with one attached hydrogen (secondary N) is 1. The van der Waals surface area contributed by atoms with Crippen LogP contribution in [-0.4, -0.2) is 62.3 Å². The number of fused-ring (bicyclic) bond motifs is 1.